The smallest absolute Gasteiger partial charge is 0.262 e. The van der Waals surface area contributed by atoms with E-state index in [-0.39, 0.29) is 10.8 Å². The van der Waals surface area contributed by atoms with Crippen LogP contribution in [0, 0.1) is 6.92 Å². The Labute approximate surface area is 271 Å². The van der Waals surface area contributed by atoms with E-state index in [0.29, 0.717) is 41.5 Å². The fourth-order valence-corrected chi connectivity index (χ4v) is 6.87. The molecule has 0 aliphatic carbocycles. The summed E-state index contributed by atoms with van der Waals surface area (Å²) in [5.41, 5.74) is 6.31. The molecule has 0 spiro atoms. The van der Waals surface area contributed by atoms with Crippen molar-refractivity contribution in [1.82, 2.24) is 0 Å². The molecule has 0 aromatic heterocycles. The van der Waals surface area contributed by atoms with Crippen molar-refractivity contribution >= 4 is 33.0 Å². The van der Waals surface area contributed by atoms with E-state index in [4.69, 9.17) is 4.74 Å². The van der Waals surface area contributed by atoms with Gasteiger partial charge in [0.15, 0.2) is 0 Å². The van der Waals surface area contributed by atoms with Crippen molar-refractivity contribution in [3.05, 3.63) is 149 Å². The number of rotatable bonds is 10. The number of amides is 1. The highest BCUT2D eigenvalue weighted by Crippen LogP contribution is 2.43. The van der Waals surface area contributed by atoms with Gasteiger partial charge in [-0.05, 0) is 91.6 Å². The molecule has 46 heavy (non-hydrogen) atoms. The molecule has 1 aliphatic heterocycles. The molecule has 0 unspecified atom stereocenters. The lowest BCUT2D eigenvalue weighted by atomic mass is 9.98. The van der Waals surface area contributed by atoms with Crippen LogP contribution < -0.4 is 19.3 Å². The molecule has 1 heterocycles. The van der Waals surface area contributed by atoms with Gasteiger partial charge >= 0.3 is 0 Å². The van der Waals surface area contributed by atoms with Crippen molar-refractivity contribution in [2.24, 2.45) is 0 Å². The molecule has 1 aliphatic rings. The molecule has 0 saturated heterocycles. The summed E-state index contributed by atoms with van der Waals surface area (Å²) in [4.78, 5) is 18.6. The zero-order valence-electron chi connectivity index (χ0n) is 26.2. The molecule has 1 atom stereocenters. The third kappa shape index (κ3) is 6.34. The number of sulfonamides is 1. The minimum absolute atomic E-state index is 0.0113. The molecule has 0 saturated carbocycles. The van der Waals surface area contributed by atoms with Gasteiger partial charge in [-0.1, -0.05) is 79.2 Å². The minimum Gasteiger partial charge on any atom is -0.494 e. The number of benzene rings is 5. The van der Waals surface area contributed by atoms with Crippen LogP contribution in [0.2, 0.25) is 0 Å². The quantitative estimate of drug-likeness (QED) is 0.168. The minimum atomic E-state index is -3.98. The standard InChI is InChI=1S/C38H37N3O4S/c1-4-28-13-15-30(16-14-28)37-40(26-29-9-7-6-8-10-29)36-24-23-34(46(43,44)39-31-17-11-27(3)12-18-31)25-35(36)38(42)41(37)32-19-21-33(22-20-32)45-5-2/h6-25,37,39H,4-5,26H2,1-3H3/t37-/m0/s1. The molecule has 0 radical (unpaired) electrons. The SMILES string of the molecule is CCOc1ccc(N2C(=O)c3cc(S(=O)(=O)Nc4ccc(C)cc4)ccc3N(Cc3ccccc3)[C@@H]2c2ccc(CC)cc2)cc1. The maximum atomic E-state index is 14.7. The summed E-state index contributed by atoms with van der Waals surface area (Å²) in [7, 11) is -3.98. The topological polar surface area (TPSA) is 78.9 Å². The van der Waals surface area contributed by atoms with Crippen LogP contribution in [0.15, 0.2) is 126 Å². The van der Waals surface area contributed by atoms with E-state index in [0.717, 1.165) is 23.1 Å². The molecular weight excluding hydrogens is 595 g/mol. The number of ether oxygens (including phenoxy) is 1. The first kappa shape index (κ1) is 30.9. The molecule has 0 fully saturated rings. The lowest BCUT2D eigenvalue weighted by Crippen LogP contribution is -2.49. The van der Waals surface area contributed by atoms with Gasteiger partial charge < -0.3 is 9.64 Å². The summed E-state index contributed by atoms with van der Waals surface area (Å²) in [5, 5.41) is 0. The Morgan fingerprint density at radius 3 is 2.13 bits per heavy atom. The monoisotopic (exact) mass is 631 g/mol. The normalized spacial score (nSPS) is 14.6. The van der Waals surface area contributed by atoms with Crippen molar-refractivity contribution in [2.75, 3.05) is 21.1 Å². The molecule has 1 N–H and O–H groups in total. The van der Waals surface area contributed by atoms with Gasteiger partial charge in [0.1, 0.15) is 11.9 Å². The Bertz CT molecular complexity index is 1930. The van der Waals surface area contributed by atoms with E-state index in [1.807, 2.05) is 68.4 Å². The average molecular weight is 632 g/mol. The van der Waals surface area contributed by atoms with Crippen LogP contribution in [0.25, 0.3) is 0 Å². The first-order chi connectivity index (χ1) is 22.3. The van der Waals surface area contributed by atoms with Crippen LogP contribution in [-0.4, -0.2) is 20.9 Å². The summed E-state index contributed by atoms with van der Waals surface area (Å²) in [6.45, 7) is 7.00. The van der Waals surface area contributed by atoms with Crippen LogP contribution in [0.1, 0.15) is 52.6 Å². The van der Waals surface area contributed by atoms with Gasteiger partial charge in [-0.2, -0.15) is 0 Å². The second-order valence-corrected chi connectivity index (χ2v) is 13.0. The van der Waals surface area contributed by atoms with Gasteiger partial charge in [0.05, 0.1) is 22.8 Å². The van der Waals surface area contributed by atoms with Crippen molar-refractivity contribution in [2.45, 2.75) is 44.8 Å². The number of hydrogen-bond donors (Lipinski definition) is 1. The fraction of sp³-hybridized carbons (Fsp3) is 0.184. The maximum absolute atomic E-state index is 14.7. The number of nitrogens with one attached hydrogen (secondary N) is 1. The second kappa shape index (κ2) is 13.1. The van der Waals surface area contributed by atoms with Crippen LogP contribution >= 0.6 is 0 Å². The highest BCUT2D eigenvalue weighted by atomic mass is 32.2. The molecular formula is C38H37N3O4S. The van der Waals surface area contributed by atoms with Gasteiger partial charge in [0.25, 0.3) is 15.9 Å². The summed E-state index contributed by atoms with van der Waals surface area (Å²) in [6, 6.07) is 37.8. The van der Waals surface area contributed by atoms with Crippen LogP contribution in [-0.2, 0) is 23.0 Å². The predicted octanol–water partition coefficient (Wildman–Crippen LogP) is 8.12. The van der Waals surface area contributed by atoms with Gasteiger partial charge in [-0.3, -0.25) is 14.4 Å². The van der Waals surface area contributed by atoms with E-state index in [1.165, 1.54) is 11.6 Å². The Balaban J connectivity index is 1.51. The van der Waals surface area contributed by atoms with E-state index >= 15 is 0 Å². The number of anilines is 3. The molecule has 5 aromatic carbocycles. The number of hydrogen-bond acceptors (Lipinski definition) is 5. The summed E-state index contributed by atoms with van der Waals surface area (Å²) < 4.78 is 35.5. The Hall–Kier alpha value is -5.08. The number of aryl methyl sites for hydroxylation is 2. The maximum Gasteiger partial charge on any atom is 0.262 e. The lowest BCUT2D eigenvalue weighted by Gasteiger charge is -2.46. The zero-order valence-corrected chi connectivity index (χ0v) is 27.0. The first-order valence-corrected chi connectivity index (χ1v) is 16.9. The van der Waals surface area contributed by atoms with Gasteiger partial charge in [-0.15, -0.1) is 0 Å². The van der Waals surface area contributed by atoms with E-state index in [2.05, 4.69) is 52.9 Å². The van der Waals surface area contributed by atoms with Crippen molar-refractivity contribution < 1.29 is 17.9 Å². The van der Waals surface area contributed by atoms with Crippen molar-refractivity contribution in [3.63, 3.8) is 0 Å². The number of carbonyl (C=O) groups excluding carboxylic acids is 1. The fourth-order valence-electron chi connectivity index (χ4n) is 5.79. The summed E-state index contributed by atoms with van der Waals surface area (Å²) in [5.74, 6) is 0.414. The third-order valence-corrected chi connectivity index (χ3v) is 9.57. The summed E-state index contributed by atoms with van der Waals surface area (Å²) in [6.07, 6.45) is 0.397. The molecule has 234 valence electrons. The van der Waals surface area contributed by atoms with Crippen LogP contribution in [0.5, 0.6) is 5.75 Å². The van der Waals surface area contributed by atoms with Crippen molar-refractivity contribution in [3.8, 4) is 5.75 Å². The Morgan fingerprint density at radius 1 is 0.783 bits per heavy atom. The lowest BCUT2D eigenvalue weighted by molar-refractivity contribution is 0.0968. The molecule has 0 bridgehead atoms. The highest BCUT2D eigenvalue weighted by molar-refractivity contribution is 7.92. The van der Waals surface area contributed by atoms with Gasteiger partial charge in [0.2, 0.25) is 0 Å². The second-order valence-electron chi connectivity index (χ2n) is 11.3. The first-order valence-electron chi connectivity index (χ1n) is 15.5. The van der Waals surface area contributed by atoms with E-state index < -0.39 is 16.2 Å². The molecule has 5 aromatic rings. The van der Waals surface area contributed by atoms with E-state index in [1.54, 1.807) is 29.2 Å². The molecule has 1 amide bonds. The number of fused-ring (bicyclic) bond motifs is 1. The number of carbonyl (C=O) groups is 1. The van der Waals surface area contributed by atoms with Gasteiger partial charge in [-0.25, -0.2) is 8.42 Å². The molecule has 6 rings (SSSR count). The summed E-state index contributed by atoms with van der Waals surface area (Å²) >= 11 is 0. The Morgan fingerprint density at radius 2 is 1.48 bits per heavy atom. The van der Waals surface area contributed by atoms with Crippen LogP contribution in [0.3, 0.4) is 0 Å². The molecule has 7 nitrogen and oxygen atoms in total. The van der Waals surface area contributed by atoms with Crippen LogP contribution in [0.4, 0.5) is 17.1 Å². The average Bonchev–Trinajstić information content (AvgIpc) is 3.08. The van der Waals surface area contributed by atoms with Crippen molar-refractivity contribution in [1.29, 1.82) is 0 Å². The third-order valence-electron chi connectivity index (χ3n) is 8.19. The van der Waals surface area contributed by atoms with Gasteiger partial charge in [0, 0.05) is 17.9 Å². The largest absolute Gasteiger partial charge is 0.494 e. The molecule has 8 heteroatoms. The Kier molecular flexibility index (Phi) is 8.81. The zero-order chi connectivity index (χ0) is 32.3. The predicted molar refractivity (Wildman–Crippen MR) is 184 cm³/mol. The number of nitrogens with zero attached hydrogens (tertiary/aromatic N) is 2. The van der Waals surface area contributed by atoms with E-state index in [9.17, 15) is 13.2 Å². The highest BCUT2D eigenvalue weighted by Gasteiger charge is 2.40.